The summed E-state index contributed by atoms with van der Waals surface area (Å²) in [6, 6.07) is 6.26. The van der Waals surface area contributed by atoms with Crippen molar-refractivity contribution in [3.05, 3.63) is 39.9 Å². The lowest BCUT2D eigenvalue weighted by molar-refractivity contribution is 0.411. The van der Waals surface area contributed by atoms with Gasteiger partial charge in [-0.3, -0.25) is 10.2 Å². The second kappa shape index (κ2) is 5.35. The zero-order chi connectivity index (χ0) is 13.1. The minimum Gasteiger partial charge on any atom is -0.496 e. The van der Waals surface area contributed by atoms with Crippen LogP contribution in [0.25, 0.3) is 0 Å². The van der Waals surface area contributed by atoms with E-state index in [4.69, 9.17) is 17.0 Å². The first kappa shape index (κ1) is 12.8. The van der Waals surface area contributed by atoms with Crippen LogP contribution >= 0.6 is 12.2 Å². The number of rotatable bonds is 4. The molecule has 96 valence electrons. The van der Waals surface area contributed by atoms with Crippen molar-refractivity contribution < 1.29 is 4.74 Å². The van der Waals surface area contributed by atoms with E-state index < -0.39 is 0 Å². The minimum atomic E-state index is 0.378. The van der Waals surface area contributed by atoms with Crippen LogP contribution in [0, 0.1) is 11.7 Å². The summed E-state index contributed by atoms with van der Waals surface area (Å²) in [7, 11) is 1.69. The molecule has 0 saturated heterocycles. The highest BCUT2D eigenvalue weighted by Gasteiger charge is 2.10. The number of aromatic nitrogens is 3. The number of methoxy groups -OCH3 is 1. The number of aryl methyl sites for hydroxylation is 1. The first-order valence-electron chi connectivity index (χ1n) is 5.88. The topological polar surface area (TPSA) is 53.7 Å². The fraction of sp³-hybridized carbons (Fsp3) is 0.385. The second-order valence-electron chi connectivity index (χ2n) is 4.45. The smallest absolute Gasteiger partial charge is 0.213 e. The minimum absolute atomic E-state index is 0.378. The van der Waals surface area contributed by atoms with Crippen molar-refractivity contribution in [2.75, 3.05) is 7.11 Å². The van der Waals surface area contributed by atoms with Gasteiger partial charge in [0.15, 0.2) is 0 Å². The fourth-order valence-electron chi connectivity index (χ4n) is 2.02. The van der Waals surface area contributed by atoms with Crippen LogP contribution in [-0.4, -0.2) is 22.3 Å². The molecule has 0 bridgehead atoms. The summed E-state index contributed by atoms with van der Waals surface area (Å²) in [6.45, 7) is 4.23. The quantitative estimate of drug-likeness (QED) is 0.833. The van der Waals surface area contributed by atoms with Gasteiger partial charge in [0.2, 0.25) is 4.77 Å². The van der Waals surface area contributed by atoms with Gasteiger partial charge < -0.3 is 4.74 Å². The third-order valence-corrected chi connectivity index (χ3v) is 3.23. The Hall–Kier alpha value is -1.62. The van der Waals surface area contributed by atoms with Crippen LogP contribution in [0.2, 0.25) is 0 Å². The van der Waals surface area contributed by atoms with E-state index in [2.05, 4.69) is 41.2 Å². The van der Waals surface area contributed by atoms with Crippen molar-refractivity contribution >= 4 is 12.2 Å². The molecule has 1 atom stereocenters. The molecule has 2 aromatic rings. The number of hydrogen-bond acceptors (Lipinski definition) is 3. The lowest BCUT2D eigenvalue weighted by Crippen LogP contribution is -2.01. The molecule has 0 aliphatic rings. The van der Waals surface area contributed by atoms with Crippen molar-refractivity contribution in [1.29, 1.82) is 0 Å². The number of hydrogen-bond donors (Lipinski definition) is 2. The van der Waals surface area contributed by atoms with Gasteiger partial charge in [0.05, 0.1) is 7.11 Å². The summed E-state index contributed by atoms with van der Waals surface area (Å²) >= 11 is 4.94. The molecule has 18 heavy (non-hydrogen) atoms. The molecule has 0 radical (unpaired) electrons. The third kappa shape index (κ3) is 2.79. The molecule has 5 heteroatoms. The van der Waals surface area contributed by atoms with Crippen LogP contribution in [0.5, 0.6) is 5.75 Å². The zero-order valence-electron chi connectivity index (χ0n) is 10.8. The van der Waals surface area contributed by atoms with Crippen LogP contribution in [0.3, 0.4) is 0 Å². The molecule has 0 spiro atoms. The summed E-state index contributed by atoms with van der Waals surface area (Å²) in [4.78, 5) is 4.21. The number of nitrogens with zero attached hydrogens (tertiary/aromatic N) is 1. The van der Waals surface area contributed by atoms with Gasteiger partial charge in [-0.1, -0.05) is 19.1 Å². The molecule has 0 aliphatic heterocycles. The second-order valence-corrected chi connectivity index (χ2v) is 4.83. The van der Waals surface area contributed by atoms with Crippen molar-refractivity contribution in [2.45, 2.75) is 26.2 Å². The molecule has 0 saturated carbocycles. The Bertz CT molecular complexity index is 588. The van der Waals surface area contributed by atoms with Gasteiger partial charge in [-0.2, -0.15) is 0 Å². The summed E-state index contributed by atoms with van der Waals surface area (Å²) < 4.78 is 5.77. The first-order valence-corrected chi connectivity index (χ1v) is 6.29. The predicted octanol–water partition coefficient (Wildman–Crippen LogP) is 3.13. The number of ether oxygens (including phenoxy) is 1. The van der Waals surface area contributed by atoms with Gasteiger partial charge in [0.1, 0.15) is 11.6 Å². The van der Waals surface area contributed by atoms with E-state index in [1.807, 2.05) is 6.07 Å². The third-order valence-electron chi connectivity index (χ3n) is 3.04. The normalized spacial score (nSPS) is 12.4. The average molecular weight is 263 g/mol. The summed E-state index contributed by atoms with van der Waals surface area (Å²) in [5.41, 5.74) is 2.42. The summed E-state index contributed by atoms with van der Waals surface area (Å²) in [5, 5.41) is 5.79. The lowest BCUT2D eigenvalue weighted by Gasteiger charge is -2.12. The van der Waals surface area contributed by atoms with E-state index in [0.717, 1.165) is 23.6 Å². The molecule has 1 aromatic heterocycles. The van der Waals surface area contributed by atoms with Crippen molar-refractivity contribution in [1.82, 2.24) is 15.2 Å². The SMILES string of the molecule is COc1ccc(C(C)Cc2nc(=S)[nH][nH]2)cc1C. The van der Waals surface area contributed by atoms with Gasteiger partial charge in [-0.05, 0) is 42.3 Å². The number of nitrogens with one attached hydrogen (secondary N) is 2. The maximum absolute atomic E-state index is 5.26. The molecular formula is C13H17N3OS. The Morgan fingerprint density at radius 1 is 1.39 bits per heavy atom. The van der Waals surface area contributed by atoms with Crippen molar-refractivity contribution in [2.24, 2.45) is 0 Å². The van der Waals surface area contributed by atoms with Crippen LogP contribution in [0.1, 0.15) is 29.8 Å². The Balaban J connectivity index is 2.16. The average Bonchev–Trinajstić information content (AvgIpc) is 2.74. The van der Waals surface area contributed by atoms with Crippen LogP contribution < -0.4 is 4.74 Å². The molecule has 4 nitrogen and oxygen atoms in total. The van der Waals surface area contributed by atoms with Gasteiger partial charge in [-0.15, -0.1) is 0 Å². The predicted molar refractivity (Wildman–Crippen MR) is 73.6 cm³/mol. The van der Waals surface area contributed by atoms with E-state index in [0.29, 0.717) is 10.7 Å². The summed E-state index contributed by atoms with van der Waals surface area (Å²) in [6.07, 6.45) is 0.832. The highest BCUT2D eigenvalue weighted by atomic mass is 32.1. The zero-order valence-corrected chi connectivity index (χ0v) is 11.6. The fourth-order valence-corrected chi connectivity index (χ4v) is 2.18. The van der Waals surface area contributed by atoms with E-state index in [9.17, 15) is 0 Å². The van der Waals surface area contributed by atoms with Gasteiger partial charge >= 0.3 is 0 Å². The van der Waals surface area contributed by atoms with E-state index >= 15 is 0 Å². The van der Waals surface area contributed by atoms with Crippen LogP contribution in [-0.2, 0) is 6.42 Å². The Morgan fingerprint density at radius 2 is 2.17 bits per heavy atom. The highest BCUT2D eigenvalue weighted by Crippen LogP contribution is 2.25. The van der Waals surface area contributed by atoms with Crippen molar-refractivity contribution in [3.63, 3.8) is 0 Å². The van der Waals surface area contributed by atoms with Crippen LogP contribution in [0.15, 0.2) is 18.2 Å². The monoisotopic (exact) mass is 263 g/mol. The van der Waals surface area contributed by atoms with E-state index in [1.54, 1.807) is 7.11 Å². The number of benzene rings is 1. The van der Waals surface area contributed by atoms with Crippen LogP contribution in [0.4, 0.5) is 0 Å². The Labute approximate surface area is 111 Å². The number of H-pyrrole nitrogens is 2. The molecular weight excluding hydrogens is 246 g/mol. The largest absolute Gasteiger partial charge is 0.496 e. The summed E-state index contributed by atoms with van der Waals surface area (Å²) in [5.74, 6) is 2.19. The molecule has 0 amide bonds. The standard InChI is InChI=1S/C13H17N3OS/c1-8(7-12-14-13(18)16-15-12)10-4-5-11(17-3)9(2)6-10/h4-6,8H,7H2,1-3H3,(H2,14,15,16,18). The molecule has 2 N–H and O–H groups in total. The highest BCUT2D eigenvalue weighted by molar-refractivity contribution is 7.71. The Kier molecular flexibility index (Phi) is 3.81. The molecule has 1 unspecified atom stereocenters. The van der Waals surface area contributed by atoms with E-state index in [-0.39, 0.29) is 0 Å². The molecule has 2 rings (SSSR count). The molecule has 1 heterocycles. The van der Waals surface area contributed by atoms with Gasteiger partial charge in [-0.25, -0.2) is 4.98 Å². The molecule has 0 fully saturated rings. The maximum atomic E-state index is 5.26. The van der Waals surface area contributed by atoms with Gasteiger partial charge in [0, 0.05) is 6.42 Å². The Morgan fingerprint density at radius 3 is 2.72 bits per heavy atom. The van der Waals surface area contributed by atoms with E-state index in [1.165, 1.54) is 5.56 Å². The maximum Gasteiger partial charge on any atom is 0.213 e. The lowest BCUT2D eigenvalue weighted by atomic mass is 9.96. The molecule has 0 aliphatic carbocycles. The molecule has 1 aromatic carbocycles. The number of aromatic amines is 2. The van der Waals surface area contributed by atoms with Crippen molar-refractivity contribution in [3.8, 4) is 5.75 Å². The first-order chi connectivity index (χ1) is 8.60. The van der Waals surface area contributed by atoms with Gasteiger partial charge in [0.25, 0.3) is 0 Å².